The predicted octanol–water partition coefficient (Wildman–Crippen LogP) is -3.21. The number of hydrogen-bond donors (Lipinski definition) is 11. The molecule has 8 unspecified atom stereocenters. The number of H-pyrrole nitrogens is 2. The van der Waals surface area contributed by atoms with Gasteiger partial charge < -0.3 is 60.4 Å². The lowest BCUT2D eigenvalue weighted by molar-refractivity contribution is -0.791. The van der Waals surface area contributed by atoms with Crippen LogP contribution in [0.4, 0.5) is 11.9 Å². The number of ether oxygens (including phenoxy) is 3. The first kappa shape index (κ1) is 45.2. The van der Waals surface area contributed by atoms with Gasteiger partial charge in [0.15, 0.2) is 23.7 Å². The Bertz CT molecular complexity index is 2560. The lowest BCUT2D eigenvalue weighted by atomic mass is 10.0. The molecule has 0 radical (unpaired) electrons. The Morgan fingerprint density at radius 3 is 2.29 bits per heavy atom. The minimum absolute atomic E-state index is 0.0164. The summed E-state index contributed by atoms with van der Waals surface area (Å²) in [4.78, 5) is 91.4. The lowest BCUT2D eigenvalue weighted by Gasteiger charge is -2.30. The Morgan fingerprint density at radius 1 is 0.983 bits per heavy atom. The summed E-state index contributed by atoms with van der Waals surface area (Å²) >= 11 is 0. The molecule has 59 heavy (non-hydrogen) atoms. The van der Waals surface area contributed by atoms with Gasteiger partial charge >= 0.3 is 36.9 Å². The fourth-order valence-corrected chi connectivity index (χ4v) is 10.7. The predicted molar refractivity (Wildman–Crippen MR) is 189 cm³/mol. The van der Waals surface area contributed by atoms with E-state index in [4.69, 9.17) is 34.7 Å². The number of fused-ring (bicyclic) bond motifs is 2. The molecule has 31 nitrogen and oxygen atoms in total. The topological polar surface area (TPSA) is 454 Å². The van der Waals surface area contributed by atoms with Gasteiger partial charge in [-0.15, -0.1) is 0 Å². The standard InChI is InChI=1S/C24H36N10O21P4/c1-24(34-8-32(2)13-18(34)29-23(26)31-20(13)38)16(36)14(35)11(51-24)6-50-57(42,43)54-59(46,47)55-58(44,45)52-9-4-10(53-56(39,40)41)15(48-3)21(49-5-9)33-7-27-12-17(33)28-22(25)30-19(12)37/h7-11,14-16,21,35-36H,4-6H2,1-3H3,(H10-,25,26,28,29,30,31,37,38,39,40,41,42,43,44,45,46,47)/p+1/t9?,10?,11-,14?,15?,16?,21-,24-/m1/s1. The summed E-state index contributed by atoms with van der Waals surface area (Å²) in [6, 6.07) is 0. The molecule has 35 heteroatoms. The van der Waals surface area contributed by atoms with Crippen LogP contribution < -0.4 is 27.2 Å². The van der Waals surface area contributed by atoms with Crippen molar-refractivity contribution >= 4 is 65.5 Å². The third-order valence-electron chi connectivity index (χ3n) is 8.85. The summed E-state index contributed by atoms with van der Waals surface area (Å²) in [7, 11) is -20.7. The second-order valence-corrected chi connectivity index (χ2v) is 18.8. The van der Waals surface area contributed by atoms with Gasteiger partial charge in [0.25, 0.3) is 17.1 Å². The molecule has 2 fully saturated rings. The average Bonchev–Trinajstić information content (AvgIpc) is 3.68. The van der Waals surface area contributed by atoms with Gasteiger partial charge in [0, 0.05) is 20.5 Å². The number of aliphatic hydroxyl groups excluding tert-OH is 2. The molecular formula is C24H37N10O21P4+. The number of aryl methyl sites for hydroxylation is 1. The zero-order valence-electron chi connectivity index (χ0n) is 30.3. The first-order valence-electron chi connectivity index (χ1n) is 16.4. The summed E-state index contributed by atoms with van der Waals surface area (Å²) in [6.45, 7) is -0.670. The molecule has 2 saturated heterocycles. The van der Waals surface area contributed by atoms with E-state index in [1.807, 2.05) is 0 Å². The van der Waals surface area contributed by atoms with E-state index < -0.39 is 111 Å². The van der Waals surface area contributed by atoms with Crippen LogP contribution in [0.2, 0.25) is 0 Å². The number of imidazole rings is 2. The van der Waals surface area contributed by atoms with Crippen molar-refractivity contribution < 1.29 is 93.9 Å². The SMILES string of the molecule is COC1C(OP(=O)(O)O)CC(OP(=O)(O)OP(=O)(O)OP(=O)(O)OC[C@H]2O[C@@](C)([n+]3cn(C)c4c(=O)[nH]c(N)nc43)C(O)C2O)CO[C@H]1n1cnc2c(=O)[nH]c(N)nc21. The van der Waals surface area contributed by atoms with E-state index in [0.717, 1.165) is 22.6 Å². The number of aliphatic hydroxyl groups is 2. The molecule has 0 aromatic carbocycles. The van der Waals surface area contributed by atoms with E-state index in [1.54, 1.807) is 0 Å². The lowest BCUT2D eigenvalue weighted by Crippen LogP contribution is -2.61. The maximum atomic E-state index is 13.0. The molecule has 0 spiro atoms. The van der Waals surface area contributed by atoms with Crippen molar-refractivity contribution in [2.45, 2.75) is 61.9 Å². The number of aromatic amines is 2. The first-order valence-corrected chi connectivity index (χ1v) is 22.4. The zero-order valence-corrected chi connectivity index (χ0v) is 33.9. The summed E-state index contributed by atoms with van der Waals surface area (Å²) < 4.78 is 93.6. The van der Waals surface area contributed by atoms with E-state index in [0.29, 0.717) is 0 Å². The van der Waals surface area contributed by atoms with Crippen molar-refractivity contribution in [2.24, 2.45) is 7.05 Å². The first-order chi connectivity index (χ1) is 27.2. The highest BCUT2D eigenvalue weighted by Crippen LogP contribution is 2.68. The third kappa shape index (κ3) is 9.58. The third-order valence-corrected chi connectivity index (χ3v) is 13.7. The Kier molecular flexibility index (Phi) is 12.4. The Labute approximate surface area is 327 Å². The monoisotopic (exact) mass is 925 g/mol. The fraction of sp³-hybridized carbons (Fsp3) is 0.583. The zero-order chi connectivity index (χ0) is 43.6. The molecule has 328 valence electrons. The summed E-state index contributed by atoms with van der Waals surface area (Å²) in [5, 5.41) is 21.7. The minimum atomic E-state index is -6.14. The van der Waals surface area contributed by atoms with E-state index in [1.165, 1.54) is 24.9 Å². The molecule has 11 atom stereocenters. The highest BCUT2D eigenvalue weighted by molar-refractivity contribution is 7.66. The van der Waals surface area contributed by atoms with Crippen LogP contribution in [0.3, 0.4) is 0 Å². The van der Waals surface area contributed by atoms with Crippen molar-refractivity contribution in [3.05, 3.63) is 33.4 Å². The normalized spacial score (nSPS) is 29.9. The number of methoxy groups -OCH3 is 1. The molecule has 4 aromatic rings. The number of rotatable bonds is 14. The van der Waals surface area contributed by atoms with Crippen molar-refractivity contribution in [1.82, 2.24) is 34.1 Å². The van der Waals surface area contributed by atoms with Crippen LogP contribution in [-0.2, 0) is 67.4 Å². The second kappa shape index (κ2) is 16.1. The summed E-state index contributed by atoms with van der Waals surface area (Å²) in [5.74, 6) is -0.655. The van der Waals surface area contributed by atoms with Crippen LogP contribution in [0.1, 0.15) is 19.6 Å². The number of hydrogen-bond acceptors (Lipinski definition) is 21. The molecule has 6 heterocycles. The number of phosphoric ester groups is 3. The van der Waals surface area contributed by atoms with Gasteiger partial charge in [-0.2, -0.15) is 13.6 Å². The maximum Gasteiger partial charge on any atom is 0.490 e. The van der Waals surface area contributed by atoms with Crippen molar-refractivity contribution in [3.8, 4) is 0 Å². The molecule has 6 rings (SSSR count). The molecule has 0 amide bonds. The molecule has 0 bridgehead atoms. The number of nitrogens with two attached hydrogens (primary N) is 2. The second-order valence-electron chi connectivity index (χ2n) is 13.0. The van der Waals surface area contributed by atoms with Gasteiger partial charge in [0.2, 0.25) is 17.2 Å². The van der Waals surface area contributed by atoms with Crippen LogP contribution in [0.5, 0.6) is 0 Å². The van der Waals surface area contributed by atoms with Gasteiger partial charge in [0.1, 0.15) is 30.5 Å². The molecular weight excluding hydrogens is 888 g/mol. The van der Waals surface area contributed by atoms with Crippen LogP contribution in [-0.4, -0.2) is 126 Å². The number of nitrogens with one attached hydrogen (secondary N) is 2. The largest absolute Gasteiger partial charge is 0.490 e. The number of phosphoric acid groups is 4. The maximum absolute atomic E-state index is 13.0. The molecule has 4 aromatic heterocycles. The number of aromatic nitrogens is 8. The van der Waals surface area contributed by atoms with Crippen LogP contribution in [0.15, 0.2) is 22.2 Å². The highest BCUT2D eigenvalue weighted by Gasteiger charge is 2.57. The van der Waals surface area contributed by atoms with Crippen molar-refractivity contribution in [1.29, 1.82) is 0 Å². The van der Waals surface area contributed by atoms with Gasteiger partial charge in [0.05, 0.1) is 32.7 Å². The van der Waals surface area contributed by atoms with Crippen molar-refractivity contribution in [3.63, 3.8) is 0 Å². The Morgan fingerprint density at radius 2 is 1.63 bits per heavy atom. The van der Waals surface area contributed by atoms with Gasteiger partial charge in [-0.3, -0.25) is 42.3 Å². The number of nitrogens with zero attached hydrogens (tertiary/aromatic N) is 6. The van der Waals surface area contributed by atoms with Gasteiger partial charge in [-0.25, -0.2) is 27.8 Å². The highest BCUT2D eigenvalue weighted by atomic mass is 31.3. The van der Waals surface area contributed by atoms with Crippen LogP contribution >= 0.6 is 31.3 Å². The van der Waals surface area contributed by atoms with Gasteiger partial charge in [-0.05, 0) is 0 Å². The average molecular weight is 926 g/mol. The van der Waals surface area contributed by atoms with Gasteiger partial charge in [-0.1, -0.05) is 4.98 Å². The Hall–Kier alpha value is -3.38. The molecule has 2 aliphatic rings. The van der Waals surface area contributed by atoms with E-state index in [2.05, 4.69) is 38.1 Å². The molecule has 0 saturated carbocycles. The van der Waals surface area contributed by atoms with E-state index in [-0.39, 0.29) is 34.2 Å². The summed E-state index contributed by atoms with van der Waals surface area (Å²) in [5.41, 5.74) is 7.39. The van der Waals surface area contributed by atoms with E-state index >= 15 is 0 Å². The van der Waals surface area contributed by atoms with Crippen LogP contribution in [0, 0.1) is 0 Å². The number of nitrogen functional groups attached to an aromatic ring is 2. The summed E-state index contributed by atoms with van der Waals surface area (Å²) in [6.07, 6.45) is -10.5. The number of anilines is 2. The smallest absolute Gasteiger partial charge is 0.387 e. The molecule has 0 aliphatic carbocycles. The fourth-order valence-electron chi connectivity index (χ4n) is 6.48. The minimum Gasteiger partial charge on any atom is -0.387 e. The molecule has 2 aliphatic heterocycles. The molecule has 13 N–H and O–H groups in total. The van der Waals surface area contributed by atoms with Crippen LogP contribution in [0.25, 0.3) is 22.3 Å². The van der Waals surface area contributed by atoms with Crippen molar-refractivity contribution in [2.75, 3.05) is 31.8 Å². The van der Waals surface area contributed by atoms with E-state index in [9.17, 15) is 62.5 Å². The quantitative estimate of drug-likeness (QED) is 0.0438. The Balaban J connectivity index is 1.13.